The maximum atomic E-state index is 13.7. The summed E-state index contributed by atoms with van der Waals surface area (Å²) in [5.74, 6) is -0.597. The quantitative estimate of drug-likeness (QED) is 0.350. The van der Waals surface area contributed by atoms with E-state index in [0.29, 0.717) is 12.1 Å². The van der Waals surface area contributed by atoms with E-state index in [1.807, 2.05) is 51.1 Å². The Morgan fingerprint density at radius 2 is 1.78 bits per heavy atom. The Hall–Kier alpha value is -3.06. The number of amides is 3. The van der Waals surface area contributed by atoms with Gasteiger partial charge in [-0.05, 0) is 82.0 Å². The van der Waals surface area contributed by atoms with Gasteiger partial charge in [-0.15, -0.1) is 11.3 Å². The number of benzene rings is 2. The van der Waals surface area contributed by atoms with Gasteiger partial charge in [0, 0.05) is 17.0 Å². The minimum atomic E-state index is -0.760. The molecule has 2 fully saturated rings. The van der Waals surface area contributed by atoms with E-state index in [1.54, 1.807) is 16.2 Å². The molecule has 5 rings (SSSR count). The summed E-state index contributed by atoms with van der Waals surface area (Å²) in [6.07, 6.45) is 5.70. The van der Waals surface area contributed by atoms with Crippen molar-refractivity contribution in [3.05, 3.63) is 48.0 Å². The second-order valence-electron chi connectivity index (χ2n) is 11.0. The molecule has 194 valence electrons. The fourth-order valence-electron chi connectivity index (χ4n) is 5.59. The van der Waals surface area contributed by atoms with Gasteiger partial charge >= 0.3 is 0 Å². The lowest BCUT2D eigenvalue weighted by atomic mass is 9.85. The van der Waals surface area contributed by atoms with Crippen LogP contribution in [0.15, 0.2) is 42.5 Å². The van der Waals surface area contributed by atoms with Crippen LogP contribution in [0.4, 0.5) is 5.69 Å². The summed E-state index contributed by atoms with van der Waals surface area (Å²) < 4.78 is 1.13. The van der Waals surface area contributed by atoms with E-state index in [4.69, 9.17) is 4.98 Å². The molecule has 0 spiro atoms. The van der Waals surface area contributed by atoms with Gasteiger partial charge in [-0.2, -0.15) is 0 Å². The number of thiazole rings is 1. The molecule has 2 aromatic carbocycles. The van der Waals surface area contributed by atoms with E-state index in [9.17, 15) is 14.4 Å². The van der Waals surface area contributed by atoms with Crippen LogP contribution in [0.1, 0.15) is 71.3 Å². The summed E-state index contributed by atoms with van der Waals surface area (Å²) in [7, 11) is 0. The third kappa shape index (κ3) is 4.81. The van der Waals surface area contributed by atoms with Crippen molar-refractivity contribution in [3.8, 4) is 10.6 Å². The van der Waals surface area contributed by atoms with Crippen molar-refractivity contribution in [1.29, 1.82) is 0 Å². The van der Waals surface area contributed by atoms with E-state index in [0.717, 1.165) is 52.9 Å². The summed E-state index contributed by atoms with van der Waals surface area (Å²) >= 11 is 1.63. The van der Waals surface area contributed by atoms with E-state index in [1.165, 1.54) is 10.5 Å². The second kappa shape index (κ2) is 10.0. The lowest BCUT2D eigenvalue weighted by molar-refractivity contribution is -0.149. The lowest BCUT2D eigenvalue weighted by Gasteiger charge is -2.43. The van der Waals surface area contributed by atoms with E-state index < -0.39 is 11.6 Å². The van der Waals surface area contributed by atoms with Gasteiger partial charge in [0.15, 0.2) is 0 Å². The molecule has 6 nitrogen and oxygen atoms in total. The van der Waals surface area contributed by atoms with Gasteiger partial charge in [0.25, 0.3) is 5.91 Å². The Bertz CT molecular complexity index is 1340. The smallest absolute Gasteiger partial charge is 0.257 e. The van der Waals surface area contributed by atoms with Crippen LogP contribution < -0.4 is 4.90 Å². The zero-order chi connectivity index (χ0) is 26.3. The Kier molecular flexibility index (Phi) is 6.92. The number of carbonyl (C=O) groups excluding carboxylic acids is 3. The number of hydrogen-bond acceptors (Lipinski definition) is 5. The molecule has 1 aliphatic carbocycles. The normalized spacial score (nSPS) is 19.1. The number of fused-ring (bicyclic) bond motifs is 1. The van der Waals surface area contributed by atoms with Gasteiger partial charge < -0.3 is 4.90 Å². The predicted molar refractivity (Wildman–Crippen MR) is 148 cm³/mol. The zero-order valence-corrected chi connectivity index (χ0v) is 22.9. The molecule has 2 aliphatic rings. The summed E-state index contributed by atoms with van der Waals surface area (Å²) in [6.45, 7) is 8.10. The molecule has 3 aromatic rings. The molecule has 1 unspecified atom stereocenters. The van der Waals surface area contributed by atoms with Crippen molar-refractivity contribution < 1.29 is 14.4 Å². The van der Waals surface area contributed by atoms with Crippen LogP contribution in [0.2, 0.25) is 0 Å². The fraction of sp³-hybridized carbons (Fsp3) is 0.467. The molecule has 37 heavy (non-hydrogen) atoms. The first-order valence-corrected chi connectivity index (χ1v) is 14.2. The summed E-state index contributed by atoms with van der Waals surface area (Å²) in [6, 6.07) is 12.9. The van der Waals surface area contributed by atoms with Gasteiger partial charge in [-0.1, -0.05) is 32.3 Å². The average Bonchev–Trinajstić information content (AvgIpc) is 3.44. The van der Waals surface area contributed by atoms with Crippen molar-refractivity contribution in [2.75, 3.05) is 4.90 Å². The van der Waals surface area contributed by atoms with Crippen LogP contribution in [0.25, 0.3) is 20.8 Å². The molecule has 1 atom stereocenters. The van der Waals surface area contributed by atoms with Crippen molar-refractivity contribution in [2.24, 2.45) is 5.92 Å². The number of rotatable bonds is 6. The van der Waals surface area contributed by atoms with Gasteiger partial charge in [0.1, 0.15) is 11.0 Å². The maximum Gasteiger partial charge on any atom is 0.257 e. The van der Waals surface area contributed by atoms with Crippen LogP contribution in [0.3, 0.4) is 0 Å². The van der Waals surface area contributed by atoms with E-state index in [-0.39, 0.29) is 30.1 Å². The first kappa shape index (κ1) is 25.6. The largest absolute Gasteiger partial charge is 0.325 e. The summed E-state index contributed by atoms with van der Waals surface area (Å²) in [5, 5.41) is 0.901. The molecule has 0 N–H and O–H groups in total. The second-order valence-corrected chi connectivity index (χ2v) is 12.1. The molecule has 7 heteroatoms. The molecular formula is C30H35N3O3S. The van der Waals surface area contributed by atoms with E-state index >= 15 is 0 Å². The number of carbonyl (C=O) groups is 3. The summed E-state index contributed by atoms with van der Waals surface area (Å²) in [5.41, 5.74) is 3.13. The van der Waals surface area contributed by atoms with Crippen LogP contribution in [0.5, 0.6) is 0 Å². The van der Waals surface area contributed by atoms with Gasteiger partial charge in [0.05, 0.1) is 22.3 Å². The SMILES string of the molecule is CCC(C)(C)N(C(=O)C1CCCCC1)C1CC(=O)N(c2ccc(-c3nc4ccc(C)cc4s3)cc2)C1=O. The standard InChI is InChI=1S/C30H35N3O3S/c1-5-30(3,4)33(28(35)21-9-7-6-8-10-21)24-18-26(34)32(29(24)36)22-14-12-20(13-15-22)27-31-23-16-11-19(2)17-25(23)37-27/h11-17,21,24H,5-10,18H2,1-4H3. The number of aromatic nitrogens is 1. The van der Waals surface area contributed by atoms with Crippen LogP contribution in [0, 0.1) is 12.8 Å². The maximum absolute atomic E-state index is 13.7. The zero-order valence-electron chi connectivity index (χ0n) is 22.1. The number of imide groups is 1. The number of aryl methyl sites for hydroxylation is 1. The Morgan fingerprint density at radius 3 is 2.46 bits per heavy atom. The minimum absolute atomic E-state index is 0.0275. The third-order valence-corrected chi connectivity index (χ3v) is 9.13. The minimum Gasteiger partial charge on any atom is -0.325 e. The molecule has 1 aromatic heterocycles. The van der Waals surface area contributed by atoms with Gasteiger partial charge in [-0.25, -0.2) is 9.88 Å². The molecule has 3 amide bonds. The monoisotopic (exact) mass is 517 g/mol. The topological polar surface area (TPSA) is 70.6 Å². The highest BCUT2D eigenvalue weighted by molar-refractivity contribution is 7.21. The first-order valence-electron chi connectivity index (χ1n) is 13.4. The molecule has 1 saturated carbocycles. The first-order chi connectivity index (χ1) is 17.7. The van der Waals surface area contributed by atoms with Crippen molar-refractivity contribution in [2.45, 2.75) is 84.2 Å². The molecule has 1 aliphatic heterocycles. The fourth-order valence-corrected chi connectivity index (χ4v) is 6.66. The Balaban J connectivity index is 1.40. The predicted octanol–water partition coefficient (Wildman–Crippen LogP) is 6.50. The number of hydrogen-bond donors (Lipinski definition) is 0. The molecular weight excluding hydrogens is 482 g/mol. The van der Waals surface area contributed by atoms with Crippen LogP contribution in [-0.4, -0.2) is 39.2 Å². The molecule has 2 heterocycles. The Morgan fingerprint density at radius 1 is 1.08 bits per heavy atom. The van der Waals surface area contributed by atoms with Gasteiger partial charge in [-0.3, -0.25) is 14.4 Å². The van der Waals surface area contributed by atoms with Crippen molar-refractivity contribution in [1.82, 2.24) is 9.88 Å². The number of anilines is 1. The highest BCUT2D eigenvalue weighted by Gasteiger charge is 2.49. The Labute approximate surface area is 222 Å². The number of nitrogens with zero attached hydrogens (tertiary/aromatic N) is 3. The van der Waals surface area contributed by atoms with Crippen LogP contribution >= 0.6 is 11.3 Å². The molecule has 0 radical (unpaired) electrons. The highest BCUT2D eigenvalue weighted by Crippen LogP contribution is 2.36. The van der Waals surface area contributed by atoms with Gasteiger partial charge in [0.2, 0.25) is 11.8 Å². The van der Waals surface area contributed by atoms with Crippen molar-refractivity contribution in [3.63, 3.8) is 0 Å². The van der Waals surface area contributed by atoms with E-state index in [2.05, 4.69) is 19.1 Å². The molecule has 0 bridgehead atoms. The lowest BCUT2D eigenvalue weighted by Crippen LogP contribution is -2.57. The van der Waals surface area contributed by atoms with Crippen molar-refractivity contribution >= 4 is 45.0 Å². The molecule has 1 saturated heterocycles. The summed E-state index contributed by atoms with van der Waals surface area (Å²) in [4.78, 5) is 48.4. The highest BCUT2D eigenvalue weighted by atomic mass is 32.1. The average molecular weight is 518 g/mol. The van der Waals surface area contributed by atoms with Crippen LogP contribution in [-0.2, 0) is 14.4 Å². The third-order valence-electron chi connectivity index (χ3n) is 8.06.